The average molecular weight is 318 g/mol. The van der Waals surface area contributed by atoms with Crippen molar-refractivity contribution in [2.45, 2.75) is 31.6 Å². The van der Waals surface area contributed by atoms with Crippen molar-refractivity contribution in [2.24, 2.45) is 0 Å². The normalized spacial score (nSPS) is 17.9. The number of aryl methyl sites for hydroxylation is 1. The maximum Gasteiger partial charge on any atom is 0.222 e. The molecule has 1 unspecified atom stereocenters. The first-order chi connectivity index (χ1) is 10.7. The van der Waals surface area contributed by atoms with E-state index in [1.54, 1.807) is 6.26 Å². The van der Waals surface area contributed by atoms with Crippen molar-refractivity contribution < 1.29 is 9.21 Å². The molecule has 1 atom stereocenters. The second kappa shape index (κ2) is 7.01. The van der Waals surface area contributed by atoms with E-state index in [0.717, 1.165) is 43.1 Å². The van der Waals surface area contributed by atoms with Gasteiger partial charge in [-0.25, -0.2) is 0 Å². The molecule has 1 fully saturated rings. The molecule has 3 rings (SSSR count). The van der Waals surface area contributed by atoms with Crippen molar-refractivity contribution >= 4 is 17.5 Å². The molecule has 0 N–H and O–H groups in total. The molecule has 2 heterocycles. The standard InChI is InChI=1S/C18H20ClNO2/c19-16-6-1-4-14(12-16)5-2-8-18(21)20-10-9-15(13-20)17-7-3-11-22-17/h1,3-4,6-7,11-12,15H,2,5,8-10,13H2. The minimum atomic E-state index is 0.246. The SMILES string of the molecule is O=C(CCCc1cccc(Cl)c1)N1CCC(c2ccco2)C1. The molecule has 2 aromatic rings. The van der Waals surface area contributed by atoms with E-state index in [9.17, 15) is 4.79 Å². The molecular formula is C18H20ClNO2. The van der Waals surface area contributed by atoms with Gasteiger partial charge in [-0.3, -0.25) is 4.79 Å². The lowest BCUT2D eigenvalue weighted by Crippen LogP contribution is -2.28. The molecule has 0 spiro atoms. The highest BCUT2D eigenvalue weighted by Crippen LogP contribution is 2.28. The van der Waals surface area contributed by atoms with Gasteiger partial charge in [-0.15, -0.1) is 0 Å². The maximum absolute atomic E-state index is 12.3. The lowest BCUT2D eigenvalue weighted by Gasteiger charge is -2.16. The van der Waals surface area contributed by atoms with E-state index in [1.807, 2.05) is 35.2 Å². The topological polar surface area (TPSA) is 33.5 Å². The highest BCUT2D eigenvalue weighted by atomic mass is 35.5. The molecule has 1 saturated heterocycles. The number of hydrogen-bond donors (Lipinski definition) is 0. The Morgan fingerprint density at radius 2 is 2.23 bits per heavy atom. The smallest absolute Gasteiger partial charge is 0.222 e. The van der Waals surface area contributed by atoms with Crippen LogP contribution in [0.5, 0.6) is 0 Å². The van der Waals surface area contributed by atoms with Crippen LogP contribution in [0, 0.1) is 0 Å². The number of rotatable bonds is 5. The third-order valence-electron chi connectivity index (χ3n) is 4.23. The summed E-state index contributed by atoms with van der Waals surface area (Å²) in [6.07, 6.45) is 5.04. The molecule has 4 heteroatoms. The summed E-state index contributed by atoms with van der Waals surface area (Å²) in [5, 5.41) is 0.754. The molecule has 1 aliphatic heterocycles. The van der Waals surface area contributed by atoms with E-state index in [1.165, 1.54) is 5.56 Å². The van der Waals surface area contributed by atoms with Gasteiger partial charge in [-0.2, -0.15) is 0 Å². The quantitative estimate of drug-likeness (QED) is 0.825. The Morgan fingerprint density at radius 3 is 3.00 bits per heavy atom. The Balaban J connectivity index is 1.45. The highest BCUT2D eigenvalue weighted by molar-refractivity contribution is 6.30. The Kier molecular flexibility index (Phi) is 4.84. The van der Waals surface area contributed by atoms with Crippen molar-refractivity contribution in [3.63, 3.8) is 0 Å². The average Bonchev–Trinajstić information content (AvgIpc) is 3.18. The molecule has 1 aromatic carbocycles. The van der Waals surface area contributed by atoms with Crippen LogP contribution in [0.2, 0.25) is 5.02 Å². The molecule has 3 nitrogen and oxygen atoms in total. The van der Waals surface area contributed by atoms with Crippen LogP contribution in [0.1, 0.15) is 36.5 Å². The summed E-state index contributed by atoms with van der Waals surface area (Å²) in [5.74, 6) is 1.59. The summed E-state index contributed by atoms with van der Waals surface area (Å²) in [5.41, 5.74) is 1.19. The van der Waals surface area contributed by atoms with E-state index in [4.69, 9.17) is 16.0 Å². The lowest BCUT2D eigenvalue weighted by atomic mass is 10.1. The molecule has 116 valence electrons. The zero-order valence-electron chi connectivity index (χ0n) is 12.5. The molecule has 0 aliphatic carbocycles. The van der Waals surface area contributed by atoms with Crippen LogP contribution in [0.4, 0.5) is 0 Å². The summed E-state index contributed by atoms with van der Waals surface area (Å²) < 4.78 is 5.45. The van der Waals surface area contributed by atoms with Crippen molar-refractivity contribution in [3.8, 4) is 0 Å². The van der Waals surface area contributed by atoms with E-state index >= 15 is 0 Å². The largest absolute Gasteiger partial charge is 0.469 e. The minimum absolute atomic E-state index is 0.246. The van der Waals surface area contributed by atoms with Crippen LogP contribution in [-0.2, 0) is 11.2 Å². The molecule has 0 radical (unpaired) electrons. The van der Waals surface area contributed by atoms with E-state index < -0.39 is 0 Å². The molecule has 0 bridgehead atoms. The number of hydrogen-bond acceptors (Lipinski definition) is 2. The fraction of sp³-hybridized carbons (Fsp3) is 0.389. The summed E-state index contributed by atoms with van der Waals surface area (Å²) >= 11 is 5.97. The van der Waals surface area contributed by atoms with Crippen molar-refractivity contribution in [1.29, 1.82) is 0 Å². The number of likely N-dealkylation sites (tertiary alicyclic amines) is 1. The number of furan rings is 1. The summed E-state index contributed by atoms with van der Waals surface area (Å²) in [4.78, 5) is 14.3. The van der Waals surface area contributed by atoms with Crippen LogP contribution < -0.4 is 0 Å². The fourth-order valence-corrected chi connectivity index (χ4v) is 3.25. The van der Waals surface area contributed by atoms with Crippen LogP contribution in [0.3, 0.4) is 0 Å². The number of amides is 1. The van der Waals surface area contributed by atoms with Gasteiger partial charge in [0, 0.05) is 30.5 Å². The van der Waals surface area contributed by atoms with Crippen molar-refractivity contribution in [1.82, 2.24) is 4.90 Å². The van der Waals surface area contributed by atoms with Gasteiger partial charge in [0.15, 0.2) is 0 Å². The summed E-state index contributed by atoms with van der Waals surface area (Å²) in [6.45, 7) is 1.62. The molecule has 1 aliphatic rings. The van der Waals surface area contributed by atoms with E-state index in [2.05, 4.69) is 6.07 Å². The van der Waals surface area contributed by atoms with Gasteiger partial charge < -0.3 is 9.32 Å². The molecule has 1 amide bonds. The first-order valence-corrected chi connectivity index (χ1v) is 8.16. The van der Waals surface area contributed by atoms with Gasteiger partial charge in [0.2, 0.25) is 5.91 Å². The fourth-order valence-electron chi connectivity index (χ4n) is 3.04. The highest BCUT2D eigenvalue weighted by Gasteiger charge is 2.28. The monoisotopic (exact) mass is 317 g/mol. The number of halogens is 1. The van der Waals surface area contributed by atoms with Crippen molar-refractivity contribution in [2.75, 3.05) is 13.1 Å². The Bertz CT molecular complexity index is 624. The van der Waals surface area contributed by atoms with Crippen LogP contribution >= 0.6 is 11.6 Å². The Labute approximate surface area is 135 Å². The molecular weight excluding hydrogens is 298 g/mol. The zero-order chi connectivity index (χ0) is 15.4. The first kappa shape index (κ1) is 15.2. The lowest BCUT2D eigenvalue weighted by molar-refractivity contribution is -0.130. The molecule has 0 saturated carbocycles. The van der Waals surface area contributed by atoms with Gasteiger partial charge in [-0.05, 0) is 49.1 Å². The second-order valence-electron chi connectivity index (χ2n) is 5.82. The predicted octanol–water partition coefficient (Wildman–Crippen LogP) is 4.27. The van der Waals surface area contributed by atoms with Gasteiger partial charge in [0.05, 0.1) is 6.26 Å². The minimum Gasteiger partial charge on any atom is -0.469 e. The van der Waals surface area contributed by atoms with E-state index in [0.29, 0.717) is 12.3 Å². The molecule has 22 heavy (non-hydrogen) atoms. The van der Waals surface area contributed by atoms with Gasteiger partial charge in [0.1, 0.15) is 5.76 Å². The third kappa shape index (κ3) is 3.72. The first-order valence-electron chi connectivity index (χ1n) is 7.78. The van der Waals surface area contributed by atoms with Crippen LogP contribution in [0.15, 0.2) is 47.1 Å². The van der Waals surface area contributed by atoms with Crippen LogP contribution in [0.25, 0.3) is 0 Å². The Hall–Kier alpha value is -1.74. The van der Waals surface area contributed by atoms with Crippen molar-refractivity contribution in [3.05, 3.63) is 59.0 Å². The van der Waals surface area contributed by atoms with E-state index in [-0.39, 0.29) is 5.91 Å². The zero-order valence-corrected chi connectivity index (χ0v) is 13.3. The second-order valence-corrected chi connectivity index (χ2v) is 6.26. The number of benzene rings is 1. The Morgan fingerprint density at radius 1 is 1.32 bits per heavy atom. The maximum atomic E-state index is 12.3. The number of carbonyl (C=O) groups is 1. The van der Waals surface area contributed by atoms with Gasteiger partial charge in [0.25, 0.3) is 0 Å². The molecule has 1 aromatic heterocycles. The van der Waals surface area contributed by atoms with Gasteiger partial charge >= 0.3 is 0 Å². The predicted molar refractivity (Wildman–Crippen MR) is 87.0 cm³/mol. The summed E-state index contributed by atoms with van der Waals surface area (Å²) in [7, 11) is 0. The number of nitrogens with zero attached hydrogens (tertiary/aromatic N) is 1. The third-order valence-corrected chi connectivity index (χ3v) is 4.47. The number of carbonyl (C=O) groups excluding carboxylic acids is 1. The summed E-state index contributed by atoms with van der Waals surface area (Å²) in [6, 6.07) is 11.7. The van der Waals surface area contributed by atoms with Crippen LogP contribution in [-0.4, -0.2) is 23.9 Å². The van der Waals surface area contributed by atoms with Gasteiger partial charge in [-0.1, -0.05) is 23.7 Å².